The summed E-state index contributed by atoms with van der Waals surface area (Å²) in [5, 5.41) is -5.75. The van der Waals surface area contributed by atoms with Gasteiger partial charge in [0.05, 0.1) is 0 Å². The zero-order valence-corrected chi connectivity index (χ0v) is 13.8. The summed E-state index contributed by atoms with van der Waals surface area (Å²) in [5.41, 5.74) is 0.790. The maximum atomic E-state index is 13.4. The predicted octanol–water partition coefficient (Wildman–Crippen LogP) is 4.17. The van der Waals surface area contributed by atoms with Crippen molar-refractivity contribution < 1.29 is 38.4 Å². The van der Waals surface area contributed by atoms with Gasteiger partial charge in [0.25, 0.3) is 6.17 Å². The van der Waals surface area contributed by atoms with Gasteiger partial charge in [0.15, 0.2) is 0 Å². The third-order valence-corrected chi connectivity index (χ3v) is 7.12. The van der Waals surface area contributed by atoms with Crippen LogP contribution in [0.15, 0.2) is 29.2 Å². The average molecular weight is 384 g/mol. The van der Waals surface area contributed by atoms with E-state index in [0.717, 1.165) is 18.1 Å². The van der Waals surface area contributed by atoms with E-state index in [9.17, 15) is 34.8 Å². The highest BCUT2D eigenvalue weighted by atomic mass is 32.3. The molecule has 1 atom stereocenters. The van der Waals surface area contributed by atoms with Gasteiger partial charge in [0, 0.05) is 4.90 Å². The van der Waals surface area contributed by atoms with Crippen molar-refractivity contribution in [1.82, 2.24) is 0 Å². The smallest absolute Gasteiger partial charge is 0.229 e. The summed E-state index contributed by atoms with van der Waals surface area (Å²) in [6, 6.07) is 5.89. The molecule has 0 saturated heterocycles. The van der Waals surface area contributed by atoms with Crippen molar-refractivity contribution in [3.63, 3.8) is 0 Å². The van der Waals surface area contributed by atoms with Gasteiger partial charge in [-0.1, -0.05) is 28.0 Å². The molecule has 0 aliphatic carbocycles. The monoisotopic (exact) mass is 384 g/mol. The number of hydrogen-bond acceptors (Lipinski definition) is 3. The molecule has 23 heavy (non-hydrogen) atoms. The summed E-state index contributed by atoms with van der Waals surface area (Å²) in [6.07, 6.45) is -8.63. The number of halogens is 6. The second kappa shape index (κ2) is 6.17. The summed E-state index contributed by atoms with van der Waals surface area (Å²) in [5.74, 6) is 0. The number of hydrogen-bond donors (Lipinski definition) is 0. The van der Waals surface area contributed by atoms with E-state index in [0.29, 0.717) is 0 Å². The Morgan fingerprint density at radius 2 is 1.43 bits per heavy atom. The van der Waals surface area contributed by atoms with Crippen molar-refractivity contribution in [1.29, 1.82) is 0 Å². The molecule has 0 N–H and O–H groups in total. The number of aryl methyl sites for hydroxylation is 1. The molecule has 0 fully saturated rings. The number of benzene rings is 1. The highest BCUT2D eigenvalue weighted by Gasteiger charge is 2.66. The zero-order chi connectivity index (χ0) is 18.3. The summed E-state index contributed by atoms with van der Waals surface area (Å²) < 4.78 is 103. The maximum Gasteiger partial charge on any atom is 0.426 e. The van der Waals surface area contributed by atoms with Crippen LogP contribution in [0.4, 0.5) is 26.3 Å². The fourth-order valence-electron chi connectivity index (χ4n) is 1.49. The third kappa shape index (κ3) is 4.32. The molecular formula is C12H14F6O3S2. The first-order valence-electron chi connectivity index (χ1n) is 5.95. The van der Waals surface area contributed by atoms with Gasteiger partial charge in [-0.25, -0.2) is 8.02 Å². The summed E-state index contributed by atoms with van der Waals surface area (Å²) in [6.45, 7) is 1.72. The van der Waals surface area contributed by atoms with E-state index in [1.807, 2.05) is 0 Å². The molecule has 1 unspecified atom stereocenters. The van der Waals surface area contributed by atoms with Crippen LogP contribution in [-0.2, 0) is 13.7 Å². The molecule has 0 amide bonds. The van der Waals surface area contributed by atoms with E-state index in [2.05, 4.69) is 3.63 Å². The molecule has 0 aliphatic rings. The minimum atomic E-state index is -6.15. The Morgan fingerprint density at radius 3 is 1.83 bits per heavy atom. The molecule has 0 saturated carbocycles. The quantitative estimate of drug-likeness (QED) is 0.716. The highest BCUT2D eigenvalue weighted by molar-refractivity contribution is 8.32. The Labute approximate surface area is 131 Å². The average Bonchev–Trinajstić information content (AvgIpc) is 2.35. The molecule has 1 aromatic rings. The van der Waals surface area contributed by atoms with Gasteiger partial charge in [-0.05, 0) is 31.6 Å². The standard InChI is InChI=1S/C12H14F6O3S2/c1-8-4-6-9(7-5-8)22(2,3)21-23(19,20)12(17,18)10(13)11(14,15)16/h4-7,10H,1-3H3. The number of rotatable bonds is 5. The molecule has 0 spiro atoms. The molecule has 0 aliphatic heterocycles. The SMILES string of the molecule is Cc1ccc(S(C)(C)OS(=O)(=O)C(F)(F)C(F)C(F)(F)F)cc1. The first-order valence-corrected chi connectivity index (χ1v) is 9.74. The van der Waals surface area contributed by atoms with Gasteiger partial charge in [-0.15, -0.1) is 0 Å². The Bertz CT molecular complexity index is 652. The van der Waals surface area contributed by atoms with Gasteiger partial charge in [-0.2, -0.15) is 30.4 Å². The third-order valence-electron chi connectivity index (χ3n) is 2.76. The van der Waals surface area contributed by atoms with Crippen LogP contribution in [0.25, 0.3) is 0 Å². The van der Waals surface area contributed by atoms with Crippen LogP contribution in [0.5, 0.6) is 0 Å². The van der Waals surface area contributed by atoms with Crippen molar-refractivity contribution in [2.24, 2.45) is 0 Å². The van der Waals surface area contributed by atoms with Crippen LogP contribution in [0.1, 0.15) is 5.56 Å². The second-order valence-electron chi connectivity index (χ2n) is 5.03. The van der Waals surface area contributed by atoms with Crippen molar-refractivity contribution >= 4 is 20.4 Å². The lowest BCUT2D eigenvalue weighted by Gasteiger charge is -2.32. The Morgan fingerprint density at radius 1 is 1.00 bits per heavy atom. The van der Waals surface area contributed by atoms with Gasteiger partial charge >= 0.3 is 21.5 Å². The maximum absolute atomic E-state index is 13.4. The zero-order valence-electron chi connectivity index (χ0n) is 12.2. The van der Waals surface area contributed by atoms with Crippen LogP contribution in [0, 0.1) is 6.92 Å². The lowest BCUT2D eigenvalue weighted by atomic mass is 10.2. The first-order chi connectivity index (χ1) is 10.1. The lowest BCUT2D eigenvalue weighted by molar-refractivity contribution is -0.222. The van der Waals surface area contributed by atoms with E-state index >= 15 is 0 Å². The van der Waals surface area contributed by atoms with Crippen LogP contribution in [-0.4, -0.2) is 38.5 Å². The summed E-state index contributed by atoms with van der Waals surface area (Å²) >= 11 is 0. The van der Waals surface area contributed by atoms with Crippen LogP contribution in [0.3, 0.4) is 0 Å². The molecule has 1 rings (SSSR count). The fourth-order valence-corrected chi connectivity index (χ4v) is 5.14. The van der Waals surface area contributed by atoms with E-state index in [-0.39, 0.29) is 4.90 Å². The first kappa shape index (κ1) is 20.1. The molecule has 0 aromatic heterocycles. The van der Waals surface area contributed by atoms with Crippen molar-refractivity contribution in [3.05, 3.63) is 29.8 Å². The minimum absolute atomic E-state index is 0.199. The topological polar surface area (TPSA) is 43.4 Å². The molecule has 0 bridgehead atoms. The Balaban J connectivity index is 3.16. The Kier molecular flexibility index (Phi) is 5.39. The van der Waals surface area contributed by atoms with Crippen LogP contribution in [0.2, 0.25) is 0 Å². The van der Waals surface area contributed by atoms with Crippen LogP contribution >= 0.6 is 10.3 Å². The molecule has 134 valence electrons. The Hall–Kier alpha value is -0.940. The van der Waals surface area contributed by atoms with E-state index in [1.54, 1.807) is 19.1 Å². The van der Waals surface area contributed by atoms with Crippen molar-refractivity contribution in [3.8, 4) is 0 Å². The second-order valence-corrected chi connectivity index (χ2v) is 9.97. The van der Waals surface area contributed by atoms with Crippen LogP contribution < -0.4 is 0 Å². The molecule has 3 nitrogen and oxygen atoms in total. The predicted molar refractivity (Wildman–Crippen MR) is 74.8 cm³/mol. The molecular weight excluding hydrogens is 370 g/mol. The van der Waals surface area contributed by atoms with Gasteiger partial charge in [0.1, 0.15) is 0 Å². The fraction of sp³-hybridized carbons (Fsp3) is 0.500. The lowest BCUT2D eigenvalue weighted by Crippen LogP contribution is -2.47. The van der Waals surface area contributed by atoms with E-state index < -0.39 is 38.0 Å². The van der Waals surface area contributed by atoms with E-state index in [1.165, 1.54) is 12.1 Å². The van der Waals surface area contributed by atoms with Crippen molar-refractivity contribution in [2.75, 3.05) is 12.5 Å². The van der Waals surface area contributed by atoms with Crippen molar-refractivity contribution in [2.45, 2.75) is 29.4 Å². The largest absolute Gasteiger partial charge is 0.426 e. The molecule has 11 heteroatoms. The molecule has 0 heterocycles. The minimum Gasteiger partial charge on any atom is -0.229 e. The van der Waals surface area contributed by atoms with Gasteiger partial charge in [0.2, 0.25) is 0 Å². The summed E-state index contributed by atoms with van der Waals surface area (Å²) in [7, 11) is -9.05. The normalized spacial score (nSPS) is 16.2. The number of alkyl halides is 6. The van der Waals surface area contributed by atoms with E-state index in [4.69, 9.17) is 0 Å². The highest BCUT2D eigenvalue weighted by Crippen LogP contribution is 2.54. The molecule has 0 radical (unpaired) electrons. The van der Waals surface area contributed by atoms with Gasteiger partial charge in [-0.3, -0.25) is 0 Å². The molecule has 1 aromatic carbocycles. The van der Waals surface area contributed by atoms with Gasteiger partial charge < -0.3 is 0 Å². The summed E-state index contributed by atoms with van der Waals surface area (Å²) in [4.78, 5) is 0.199.